The van der Waals surface area contributed by atoms with E-state index in [2.05, 4.69) is 18.3 Å². The topological polar surface area (TPSA) is 62.1 Å². The molecule has 1 aliphatic heterocycles. The number of carbonyl (C=O) groups excluding carboxylic acids is 1. The van der Waals surface area contributed by atoms with Gasteiger partial charge in [0, 0.05) is 12.6 Å². The Hall–Kier alpha value is -2.28. The number of amides is 1. The van der Waals surface area contributed by atoms with Crippen molar-refractivity contribution >= 4 is 11.6 Å². The Morgan fingerprint density at radius 3 is 2.68 bits per heavy atom. The van der Waals surface area contributed by atoms with Crippen LogP contribution >= 0.6 is 0 Å². The van der Waals surface area contributed by atoms with E-state index in [4.69, 9.17) is 10.00 Å². The first-order valence-corrected chi connectivity index (χ1v) is 6.24. The van der Waals surface area contributed by atoms with Gasteiger partial charge in [-0.2, -0.15) is 5.26 Å². The van der Waals surface area contributed by atoms with Gasteiger partial charge in [0.2, 0.25) is 5.91 Å². The summed E-state index contributed by atoms with van der Waals surface area (Å²) in [6.45, 7) is 3.54. The van der Waals surface area contributed by atoms with E-state index in [-0.39, 0.29) is 12.0 Å². The first-order valence-electron chi connectivity index (χ1n) is 6.24. The van der Waals surface area contributed by atoms with Crippen LogP contribution in [0.15, 0.2) is 36.1 Å². The lowest BCUT2D eigenvalue weighted by Gasteiger charge is -2.25. The van der Waals surface area contributed by atoms with E-state index in [1.807, 2.05) is 30.3 Å². The van der Waals surface area contributed by atoms with E-state index in [9.17, 15) is 4.79 Å². The highest BCUT2D eigenvalue weighted by atomic mass is 16.5. The summed E-state index contributed by atoms with van der Waals surface area (Å²) in [5.41, 5.74) is 1.78. The van der Waals surface area contributed by atoms with Gasteiger partial charge in [-0.3, -0.25) is 4.79 Å². The van der Waals surface area contributed by atoms with Crippen molar-refractivity contribution in [1.82, 2.24) is 0 Å². The lowest BCUT2D eigenvalue weighted by Crippen LogP contribution is -2.13. The average molecular weight is 256 g/mol. The molecule has 0 unspecified atom stereocenters. The number of nitrogens with zero attached hydrogens (tertiary/aromatic N) is 1. The van der Waals surface area contributed by atoms with Crippen molar-refractivity contribution in [3.8, 4) is 6.07 Å². The highest BCUT2D eigenvalue weighted by Crippen LogP contribution is 2.33. The molecular weight excluding hydrogens is 240 g/mol. The number of hydrogen-bond donors (Lipinski definition) is 1. The van der Waals surface area contributed by atoms with Crippen LogP contribution in [0.1, 0.15) is 31.9 Å². The van der Waals surface area contributed by atoms with Crippen molar-refractivity contribution in [1.29, 1.82) is 5.26 Å². The predicted octanol–water partition coefficient (Wildman–Crippen LogP) is 3.15. The van der Waals surface area contributed by atoms with E-state index in [1.165, 1.54) is 6.92 Å². The Labute approximate surface area is 112 Å². The van der Waals surface area contributed by atoms with Crippen molar-refractivity contribution in [2.75, 3.05) is 5.32 Å². The molecule has 1 aromatic rings. The second kappa shape index (κ2) is 5.57. The number of ether oxygens (including phenoxy) is 1. The maximum atomic E-state index is 10.9. The van der Waals surface area contributed by atoms with E-state index in [0.717, 1.165) is 17.7 Å². The second-order valence-electron chi connectivity index (χ2n) is 4.77. The quantitative estimate of drug-likeness (QED) is 0.884. The fourth-order valence-electron chi connectivity index (χ4n) is 2.16. The number of rotatable bonds is 2. The summed E-state index contributed by atoms with van der Waals surface area (Å²) in [6.07, 6.45) is 2.60. The Kier molecular flexibility index (Phi) is 3.86. The van der Waals surface area contributed by atoms with Crippen LogP contribution in [-0.4, -0.2) is 5.91 Å². The molecular formula is C15H16N2O2. The lowest BCUT2D eigenvalue weighted by atomic mass is 9.95. The molecule has 0 saturated carbocycles. The summed E-state index contributed by atoms with van der Waals surface area (Å²) >= 11 is 0. The molecule has 0 fully saturated rings. The Morgan fingerprint density at radius 2 is 2.11 bits per heavy atom. The molecule has 0 radical (unpaired) electrons. The zero-order valence-corrected chi connectivity index (χ0v) is 11.0. The van der Waals surface area contributed by atoms with Gasteiger partial charge in [-0.25, -0.2) is 0 Å². The normalized spacial score (nSPS) is 21.8. The molecule has 1 heterocycles. The fraction of sp³-hybridized carbons (Fsp3) is 0.333. The molecule has 0 bridgehead atoms. The Morgan fingerprint density at radius 1 is 1.42 bits per heavy atom. The van der Waals surface area contributed by atoms with Gasteiger partial charge in [0.25, 0.3) is 0 Å². The van der Waals surface area contributed by atoms with Crippen molar-refractivity contribution in [2.45, 2.75) is 26.4 Å². The van der Waals surface area contributed by atoms with Crippen molar-refractivity contribution in [2.24, 2.45) is 5.92 Å². The molecule has 1 aromatic carbocycles. The second-order valence-corrected chi connectivity index (χ2v) is 4.77. The molecule has 0 aliphatic carbocycles. The van der Waals surface area contributed by atoms with Crippen LogP contribution in [0.5, 0.6) is 0 Å². The molecule has 0 spiro atoms. The Bertz CT molecular complexity index is 540. The highest BCUT2D eigenvalue weighted by molar-refractivity contribution is 5.88. The molecule has 4 heteroatoms. The third kappa shape index (κ3) is 3.35. The average Bonchev–Trinajstić information content (AvgIpc) is 2.38. The Balaban J connectivity index is 2.13. The number of benzene rings is 1. The minimum atomic E-state index is -0.0963. The summed E-state index contributed by atoms with van der Waals surface area (Å²) in [7, 11) is 0. The van der Waals surface area contributed by atoms with Crippen molar-refractivity contribution in [3.63, 3.8) is 0 Å². The first kappa shape index (κ1) is 13.2. The highest BCUT2D eigenvalue weighted by Gasteiger charge is 2.22. The van der Waals surface area contributed by atoms with Gasteiger partial charge in [0.05, 0.1) is 0 Å². The van der Waals surface area contributed by atoms with Crippen LogP contribution in [0.25, 0.3) is 0 Å². The van der Waals surface area contributed by atoms with Crippen LogP contribution in [0.2, 0.25) is 0 Å². The molecule has 1 N–H and O–H groups in total. The summed E-state index contributed by atoms with van der Waals surface area (Å²) < 4.78 is 5.63. The summed E-state index contributed by atoms with van der Waals surface area (Å²) in [4.78, 5) is 10.9. The summed E-state index contributed by atoms with van der Waals surface area (Å²) in [5.74, 6) is 0.614. The van der Waals surface area contributed by atoms with Crippen LogP contribution < -0.4 is 5.32 Å². The van der Waals surface area contributed by atoms with Crippen LogP contribution in [0.4, 0.5) is 5.69 Å². The lowest BCUT2D eigenvalue weighted by molar-refractivity contribution is -0.114. The van der Waals surface area contributed by atoms with Gasteiger partial charge in [-0.1, -0.05) is 19.1 Å². The summed E-state index contributed by atoms with van der Waals surface area (Å²) in [6, 6.07) is 9.58. The zero-order chi connectivity index (χ0) is 13.8. The zero-order valence-electron chi connectivity index (χ0n) is 11.0. The van der Waals surface area contributed by atoms with Gasteiger partial charge in [0.15, 0.2) is 5.76 Å². The first-order chi connectivity index (χ1) is 9.08. The van der Waals surface area contributed by atoms with Gasteiger partial charge in [-0.15, -0.1) is 0 Å². The largest absolute Gasteiger partial charge is 0.476 e. The summed E-state index contributed by atoms with van der Waals surface area (Å²) in [5, 5.41) is 11.6. The molecule has 2 rings (SSSR count). The molecule has 0 saturated heterocycles. The molecule has 98 valence electrons. The molecule has 19 heavy (non-hydrogen) atoms. The third-order valence-electron chi connectivity index (χ3n) is 3.00. The number of nitriles is 1. The SMILES string of the molecule is CC(=O)Nc1ccc([C@H]2C[C@@H](C)C=C(C#N)O2)cc1. The number of carbonyl (C=O) groups is 1. The number of anilines is 1. The van der Waals surface area contributed by atoms with Gasteiger partial charge in [0.1, 0.15) is 12.2 Å². The molecule has 1 aliphatic rings. The molecule has 1 amide bonds. The molecule has 4 nitrogen and oxygen atoms in total. The monoisotopic (exact) mass is 256 g/mol. The number of hydrogen-bond acceptors (Lipinski definition) is 3. The van der Waals surface area contributed by atoms with Gasteiger partial charge in [-0.05, 0) is 36.1 Å². The van der Waals surface area contributed by atoms with E-state index < -0.39 is 0 Å². The maximum Gasteiger partial charge on any atom is 0.221 e. The van der Waals surface area contributed by atoms with E-state index >= 15 is 0 Å². The minimum Gasteiger partial charge on any atom is -0.476 e. The van der Waals surface area contributed by atoms with Crippen molar-refractivity contribution in [3.05, 3.63) is 41.7 Å². The van der Waals surface area contributed by atoms with Crippen LogP contribution in [0.3, 0.4) is 0 Å². The van der Waals surface area contributed by atoms with Crippen molar-refractivity contribution < 1.29 is 9.53 Å². The van der Waals surface area contributed by atoms with Gasteiger partial charge < -0.3 is 10.1 Å². The number of allylic oxidation sites excluding steroid dienone is 2. The van der Waals surface area contributed by atoms with Crippen LogP contribution in [0, 0.1) is 17.2 Å². The molecule has 2 atom stereocenters. The smallest absolute Gasteiger partial charge is 0.221 e. The number of nitrogens with one attached hydrogen (secondary N) is 1. The van der Waals surface area contributed by atoms with E-state index in [1.54, 1.807) is 0 Å². The third-order valence-corrected chi connectivity index (χ3v) is 3.00. The van der Waals surface area contributed by atoms with E-state index in [0.29, 0.717) is 11.7 Å². The predicted molar refractivity (Wildman–Crippen MR) is 72.0 cm³/mol. The van der Waals surface area contributed by atoms with Gasteiger partial charge >= 0.3 is 0 Å². The molecule has 0 aromatic heterocycles. The van der Waals surface area contributed by atoms with Crippen LogP contribution in [-0.2, 0) is 9.53 Å². The maximum absolute atomic E-state index is 10.9. The fourth-order valence-corrected chi connectivity index (χ4v) is 2.16. The standard InChI is InChI=1S/C15H16N2O2/c1-10-7-14(9-16)19-15(8-10)12-3-5-13(6-4-12)17-11(2)18/h3-7,10,15H,8H2,1-2H3,(H,17,18)/t10-,15+/m0/s1. The minimum absolute atomic E-state index is 0.0926.